The predicted octanol–water partition coefficient (Wildman–Crippen LogP) is 1.29. The first-order valence-corrected chi connectivity index (χ1v) is 8.13. The number of nitrogens with zero attached hydrogens (tertiary/aromatic N) is 1. The molecule has 0 aromatic carbocycles. The number of ether oxygens (including phenoxy) is 2. The molecule has 0 spiro atoms. The van der Waals surface area contributed by atoms with Crippen molar-refractivity contribution >= 4 is 5.96 Å². The van der Waals surface area contributed by atoms with Crippen LogP contribution in [-0.2, 0) is 9.47 Å². The Labute approximate surface area is 121 Å². The van der Waals surface area contributed by atoms with Crippen LogP contribution in [-0.4, -0.2) is 50.5 Å². The zero-order valence-corrected chi connectivity index (χ0v) is 12.4. The first kappa shape index (κ1) is 14.1. The van der Waals surface area contributed by atoms with Crippen molar-refractivity contribution in [3.05, 3.63) is 0 Å². The first-order valence-electron chi connectivity index (χ1n) is 8.13. The van der Waals surface area contributed by atoms with Gasteiger partial charge in [0.1, 0.15) is 0 Å². The summed E-state index contributed by atoms with van der Waals surface area (Å²) in [6, 6.07) is 0.446. The van der Waals surface area contributed by atoms with Gasteiger partial charge in [0.05, 0.1) is 18.2 Å². The van der Waals surface area contributed by atoms with Gasteiger partial charge in [-0.3, -0.25) is 4.99 Å². The van der Waals surface area contributed by atoms with E-state index in [1.54, 1.807) is 0 Å². The summed E-state index contributed by atoms with van der Waals surface area (Å²) in [6.07, 6.45) is 6.72. The van der Waals surface area contributed by atoms with E-state index in [0.29, 0.717) is 24.2 Å². The summed E-state index contributed by atoms with van der Waals surface area (Å²) >= 11 is 0. The average molecular weight is 281 g/mol. The quantitative estimate of drug-likeness (QED) is 0.602. The highest BCUT2D eigenvalue weighted by molar-refractivity contribution is 5.80. The summed E-state index contributed by atoms with van der Waals surface area (Å²) in [4.78, 5) is 4.77. The molecule has 0 aromatic heterocycles. The molecule has 0 aromatic rings. The number of fused-ring (bicyclic) bond motifs is 2. The highest BCUT2D eigenvalue weighted by atomic mass is 16.5. The maximum absolute atomic E-state index is 5.90. The van der Waals surface area contributed by atoms with Gasteiger partial charge in [-0.1, -0.05) is 0 Å². The van der Waals surface area contributed by atoms with Gasteiger partial charge in [-0.15, -0.1) is 0 Å². The molecule has 2 bridgehead atoms. The molecule has 3 fully saturated rings. The molecule has 2 N–H and O–H groups in total. The van der Waals surface area contributed by atoms with Crippen LogP contribution >= 0.6 is 0 Å². The molecule has 5 nitrogen and oxygen atoms in total. The van der Waals surface area contributed by atoms with E-state index in [-0.39, 0.29) is 0 Å². The van der Waals surface area contributed by atoms with Gasteiger partial charge in [-0.05, 0) is 44.9 Å². The third kappa shape index (κ3) is 3.44. The molecule has 3 atom stereocenters. The van der Waals surface area contributed by atoms with Gasteiger partial charge in [-0.2, -0.15) is 0 Å². The van der Waals surface area contributed by atoms with Gasteiger partial charge >= 0.3 is 0 Å². The van der Waals surface area contributed by atoms with Crippen molar-refractivity contribution in [2.24, 2.45) is 10.9 Å². The molecule has 3 heterocycles. The number of guanidine groups is 1. The van der Waals surface area contributed by atoms with Crippen molar-refractivity contribution in [2.75, 3.05) is 26.3 Å². The highest BCUT2D eigenvalue weighted by Gasteiger charge is 2.41. The van der Waals surface area contributed by atoms with E-state index in [2.05, 4.69) is 17.6 Å². The normalized spacial score (nSPS) is 34.5. The van der Waals surface area contributed by atoms with E-state index in [1.807, 2.05) is 0 Å². The van der Waals surface area contributed by atoms with Crippen LogP contribution in [0.2, 0.25) is 0 Å². The second kappa shape index (κ2) is 6.76. The van der Waals surface area contributed by atoms with Crippen LogP contribution in [0.15, 0.2) is 4.99 Å². The van der Waals surface area contributed by atoms with Crippen LogP contribution in [0.5, 0.6) is 0 Å². The Kier molecular flexibility index (Phi) is 4.78. The van der Waals surface area contributed by atoms with Crippen molar-refractivity contribution in [2.45, 2.75) is 57.3 Å². The Morgan fingerprint density at radius 1 is 1.20 bits per heavy atom. The molecule has 3 rings (SSSR count). The van der Waals surface area contributed by atoms with Crippen molar-refractivity contribution in [3.63, 3.8) is 0 Å². The number of aliphatic imine (C=N–C) groups is 1. The predicted molar refractivity (Wildman–Crippen MR) is 79.0 cm³/mol. The van der Waals surface area contributed by atoms with Crippen molar-refractivity contribution in [3.8, 4) is 0 Å². The Morgan fingerprint density at radius 2 is 2.05 bits per heavy atom. The molecule has 5 heteroatoms. The minimum atomic E-state index is 0.395. The van der Waals surface area contributed by atoms with Crippen LogP contribution in [0.3, 0.4) is 0 Å². The number of hydrogen-bond donors (Lipinski definition) is 2. The van der Waals surface area contributed by atoms with E-state index in [1.165, 1.54) is 12.8 Å². The maximum atomic E-state index is 5.90. The summed E-state index contributed by atoms with van der Waals surface area (Å²) in [6.45, 7) is 5.71. The van der Waals surface area contributed by atoms with Gasteiger partial charge in [0.15, 0.2) is 5.96 Å². The number of hydrogen-bond acceptors (Lipinski definition) is 3. The maximum Gasteiger partial charge on any atom is 0.191 e. The molecule has 114 valence electrons. The second-order valence-electron chi connectivity index (χ2n) is 6.14. The van der Waals surface area contributed by atoms with Gasteiger partial charge in [0, 0.05) is 26.3 Å². The number of rotatable bonds is 4. The van der Waals surface area contributed by atoms with Crippen LogP contribution in [0.25, 0.3) is 0 Å². The van der Waals surface area contributed by atoms with Gasteiger partial charge in [0.2, 0.25) is 0 Å². The minimum absolute atomic E-state index is 0.395. The molecule has 0 radical (unpaired) electrons. The summed E-state index contributed by atoms with van der Waals surface area (Å²) in [5.74, 6) is 1.63. The van der Waals surface area contributed by atoms with Crippen LogP contribution < -0.4 is 10.6 Å². The third-order valence-electron chi connectivity index (χ3n) is 4.62. The van der Waals surface area contributed by atoms with E-state index in [4.69, 9.17) is 14.5 Å². The van der Waals surface area contributed by atoms with Gasteiger partial charge in [-0.25, -0.2) is 0 Å². The van der Waals surface area contributed by atoms with E-state index >= 15 is 0 Å². The summed E-state index contributed by atoms with van der Waals surface area (Å²) in [5.41, 5.74) is 0. The Hall–Kier alpha value is -0.810. The lowest BCUT2D eigenvalue weighted by molar-refractivity contribution is 0.0689. The molecule has 0 saturated carbocycles. The summed E-state index contributed by atoms with van der Waals surface area (Å²) < 4.78 is 11.3. The Balaban J connectivity index is 1.51. The minimum Gasteiger partial charge on any atom is -0.381 e. The molecule has 3 saturated heterocycles. The topological polar surface area (TPSA) is 54.9 Å². The molecule has 3 unspecified atom stereocenters. The molecule has 0 amide bonds. The lowest BCUT2D eigenvalue weighted by Crippen LogP contribution is -2.47. The second-order valence-corrected chi connectivity index (χ2v) is 6.14. The zero-order chi connectivity index (χ0) is 13.8. The number of nitrogens with one attached hydrogen (secondary N) is 2. The molecular formula is C15H27N3O2. The van der Waals surface area contributed by atoms with E-state index < -0.39 is 0 Å². The Morgan fingerprint density at radius 3 is 2.70 bits per heavy atom. The summed E-state index contributed by atoms with van der Waals surface area (Å²) in [5, 5.41) is 6.93. The van der Waals surface area contributed by atoms with Crippen molar-refractivity contribution < 1.29 is 9.47 Å². The molecule has 3 aliphatic rings. The first-order chi connectivity index (χ1) is 9.85. The lowest BCUT2D eigenvalue weighted by atomic mass is 9.96. The Bertz CT molecular complexity index is 342. The van der Waals surface area contributed by atoms with E-state index in [0.717, 1.165) is 51.5 Å². The fourth-order valence-electron chi connectivity index (χ4n) is 3.43. The fourth-order valence-corrected chi connectivity index (χ4v) is 3.43. The third-order valence-corrected chi connectivity index (χ3v) is 4.62. The molecule has 0 aliphatic carbocycles. The van der Waals surface area contributed by atoms with Crippen molar-refractivity contribution in [1.29, 1.82) is 0 Å². The SMILES string of the molecule is CCNC(=NCC1CCOCC1)NC1CC2CCC1O2. The van der Waals surface area contributed by atoms with Gasteiger partial charge < -0.3 is 20.1 Å². The standard InChI is InChI=1S/C15H27N3O2/c1-2-16-15(17-10-11-5-7-19-8-6-11)18-13-9-12-3-4-14(13)20-12/h11-14H,2-10H2,1H3,(H2,16,17,18). The highest BCUT2D eigenvalue weighted by Crippen LogP contribution is 2.34. The zero-order valence-electron chi connectivity index (χ0n) is 12.4. The molecule has 3 aliphatic heterocycles. The van der Waals surface area contributed by atoms with Crippen LogP contribution in [0, 0.1) is 5.92 Å². The van der Waals surface area contributed by atoms with Gasteiger partial charge in [0.25, 0.3) is 0 Å². The van der Waals surface area contributed by atoms with Crippen LogP contribution in [0.4, 0.5) is 0 Å². The average Bonchev–Trinajstić information content (AvgIpc) is 3.09. The smallest absolute Gasteiger partial charge is 0.191 e. The molecule has 20 heavy (non-hydrogen) atoms. The van der Waals surface area contributed by atoms with Crippen molar-refractivity contribution in [1.82, 2.24) is 10.6 Å². The summed E-state index contributed by atoms with van der Waals surface area (Å²) in [7, 11) is 0. The van der Waals surface area contributed by atoms with Crippen LogP contribution in [0.1, 0.15) is 39.0 Å². The molecular weight excluding hydrogens is 254 g/mol. The fraction of sp³-hybridized carbons (Fsp3) is 0.933. The largest absolute Gasteiger partial charge is 0.381 e. The van der Waals surface area contributed by atoms with E-state index in [9.17, 15) is 0 Å². The monoisotopic (exact) mass is 281 g/mol. The lowest BCUT2D eigenvalue weighted by Gasteiger charge is -2.24.